The monoisotopic (exact) mass is 265 g/mol. The van der Waals surface area contributed by atoms with Crippen molar-refractivity contribution in [3.8, 4) is 17.0 Å². The Morgan fingerprint density at radius 2 is 1.85 bits per heavy atom. The fraction of sp³-hybridized carbons (Fsp3) is 0.118. The van der Waals surface area contributed by atoms with Gasteiger partial charge in [0.1, 0.15) is 5.75 Å². The maximum absolute atomic E-state index is 12.1. The van der Waals surface area contributed by atoms with E-state index >= 15 is 0 Å². The Morgan fingerprint density at radius 1 is 1.10 bits per heavy atom. The first-order valence-corrected chi connectivity index (χ1v) is 6.47. The van der Waals surface area contributed by atoms with Crippen LogP contribution in [0.15, 0.2) is 48.5 Å². The average Bonchev–Trinajstić information content (AvgIpc) is 2.86. The van der Waals surface area contributed by atoms with Crippen LogP contribution in [0.3, 0.4) is 0 Å². The standard InChI is InChI=1S/C17H15NO2/c1-11(19)16-14-10-13(20-2)8-9-15(14)18-17(16)12-6-4-3-5-7-12/h3-10,18H,1-2H3. The number of ketones is 1. The fourth-order valence-corrected chi connectivity index (χ4v) is 2.49. The number of benzene rings is 2. The van der Waals surface area contributed by atoms with Crippen molar-refractivity contribution >= 4 is 16.7 Å². The van der Waals surface area contributed by atoms with Crippen LogP contribution >= 0.6 is 0 Å². The predicted molar refractivity (Wildman–Crippen MR) is 80.3 cm³/mol. The van der Waals surface area contributed by atoms with Crippen LogP contribution in [-0.2, 0) is 0 Å². The van der Waals surface area contributed by atoms with Crippen molar-refractivity contribution in [1.82, 2.24) is 4.98 Å². The van der Waals surface area contributed by atoms with Crippen molar-refractivity contribution in [1.29, 1.82) is 0 Å². The van der Waals surface area contributed by atoms with E-state index in [1.54, 1.807) is 14.0 Å². The molecule has 0 saturated heterocycles. The topological polar surface area (TPSA) is 42.1 Å². The number of H-pyrrole nitrogens is 1. The van der Waals surface area contributed by atoms with Gasteiger partial charge in [0, 0.05) is 10.9 Å². The zero-order chi connectivity index (χ0) is 14.1. The van der Waals surface area contributed by atoms with Gasteiger partial charge in [0.05, 0.1) is 18.4 Å². The second-order valence-electron chi connectivity index (χ2n) is 4.71. The minimum Gasteiger partial charge on any atom is -0.497 e. The molecule has 1 N–H and O–H groups in total. The van der Waals surface area contributed by atoms with Gasteiger partial charge in [0.15, 0.2) is 5.78 Å². The summed E-state index contributed by atoms with van der Waals surface area (Å²) in [6, 6.07) is 15.6. The van der Waals surface area contributed by atoms with Gasteiger partial charge >= 0.3 is 0 Å². The number of nitrogens with one attached hydrogen (secondary N) is 1. The molecule has 1 heterocycles. The lowest BCUT2D eigenvalue weighted by Crippen LogP contribution is -1.94. The molecule has 20 heavy (non-hydrogen) atoms. The first-order chi connectivity index (χ1) is 9.70. The highest BCUT2D eigenvalue weighted by Gasteiger charge is 2.17. The molecule has 0 spiro atoms. The zero-order valence-corrected chi connectivity index (χ0v) is 11.4. The molecule has 0 aliphatic carbocycles. The summed E-state index contributed by atoms with van der Waals surface area (Å²) in [5, 5.41) is 0.899. The SMILES string of the molecule is COc1ccc2[nH]c(-c3ccccc3)c(C(C)=O)c2c1. The van der Waals surface area contributed by atoms with Crippen LogP contribution in [0.2, 0.25) is 0 Å². The molecule has 0 unspecified atom stereocenters. The molecule has 3 heteroatoms. The number of aromatic nitrogens is 1. The number of ether oxygens (including phenoxy) is 1. The molecule has 0 saturated carbocycles. The van der Waals surface area contributed by atoms with Crippen molar-refractivity contribution in [2.24, 2.45) is 0 Å². The van der Waals surface area contributed by atoms with Crippen molar-refractivity contribution in [2.45, 2.75) is 6.92 Å². The number of Topliss-reactive ketones (excluding diaryl/α,β-unsaturated/α-hetero) is 1. The number of hydrogen-bond acceptors (Lipinski definition) is 2. The highest BCUT2D eigenvalue weighted by Crippen LogP contribution is 2.32. The minimum atomic E-state index is 0.0448. The number of rotatable bonds is 3. The van der Waals surface area contributed by atoms with Gasteiger partial charge in [-0.3, -0.25) is 4.79 Å². The summed E-state index contributed by atoms with van der Waals surface area (Å²) in [6.07, 6.45) is 0. The molecule has 0 fully saturated rings. The summed E-state index contributed by atoms with van der Waals surface area (Å²) in [6.45, 7) is 1.59. The first kappa shape index (κ1) is 12.5. The lowest BCUT2D eigenvalue weighted by molar-refractivity contribution is 0.102. The maximum atomic E-state index is 12.1. The van der Waals surface area contributed by atoms with E-state index in [1.807, 2.05) is 48.5 Å². The van der Waals surface area contributed by atoms with Gasteiger partial charge in [0.25, 0.3) is 0 Å². The van der Waals surface area contributed by atoms with E-state index in [2.05, 4.69) is 4.98 Å². The second kappa shape index (κ2) is 4.85. The third kappa shape index (κ3) is 1.97. The largest absolute Gasteiger partial charge is 0.497 e. The van der Waals surface area contributed by atoms with Crippen LogP contribution in [0.25, 0.3) is 22.2 Å². The Labute approximate surface area is 117 Å². The Kier molecular flexibility index (Phi) is 3.03. The smallest absolute Gasteiger partial charge is 0.162 e. The Bertz CT molecular complexity index is 772. The summed E-state index contributed by atoms with van der Waals surface area (Å²) in [5.74, 6) is 0.793. The molecular formula is C17H15NO2. The molecule has 0 aliphatic rings. The molecule has 2 aromatic carbocycles. The van der Waals surface area contributed by atoms with E-state index in [0.717, 1.165) is 27.9 Å². The van der Waals surface area contributed by atoms with Crippen LogP contribution in [-0.4, -0.2) is 17.9 Å². The number of hydrogen-bond donors (Lipinski definition) is 1. The highest BCUT2D eigenvalue weighted by atomic mass is 16.5. The third-order valence-corrected chi connectivity index (χ3v) is 3.42. The molecule has 3 rings (SSSR count). The Balaban J connectivity index is 2.32. The van der Waals surface area contributed by atoms with Gasteiger partial charge in [-0.25, -0.2) is 0 Å². The van der Waals surface area contributed by atoms with Gasteiger partial charge in [-0.15, -0.1) is 0 Å². The lowest BCUT2D eigenvalue weighted by Gasteiger charge is -2.02. The third-order valence-electron chi connectivity index (χ3n) is 3.42. The van der Waals surface area contributed by atoms with Crippen molar-refractivity contribution in [2.75, 3.05) is 7.11 Å². The summed E-state index contributed by atoms with van der Waals surface area (Å²) < 4.78 is 5.25. The molecule has 0 radical (unpaired) electrons. The number of fused-ring (bicyclic) bond motifs is 1. The van der Waals surface area contributed by atoms with Crippen LogP contribution < -0.4 is 4.74 Å². The van der Waals surface area contributed by atoms with Crippen molar-refractivity contribution in [3.05, 3.63) is 54.1 Å². The van der Waals surface area contributed by atoms with Crippen molar-refractivity contribution in [3.63, 3.8) is 0 Å². The van der Waals surface area contributed by atoms with Gasteiger partial charge in [0.2, 0.25) is 0 Å². The number of aromatic amines is 1. The minimum absolute atomic E-state index is 0.0448. The fourth-order valence-electron chi connectivity index (χ4n) is 2.49. The van der Waals surface area contributed by atoms with Gasteiger partial charge in [-0.1, -0.05) is 30.3 Å². The van der Waals surface area contributed by atoms with Gasteiger partial charge in [-0.05, 0) is 30.7 Å². The molecule has 0 bridgehead atoms. The summed E-state index contributed by atoms with van der Waals surface area (Å²) in [4.78, 5) is 15.4. The highest BCUT2D eigenvalue weighted by molar-refractivity contribution is 6.12. The second-order valence-corrected chi connectivity index (χ2v) is 4.71. The maximum Gasteiger partial charge on any atom is 0.162 e. The van der Waals surface area contributed by atoms with Crippen LogP contribution in [0.4, 0.5) is 0 Å². The molecule has 3 nitrogen and oxygen atoms in total. The lowest BCUT2D eigenvalue weighted by atomic mass is 10.0. The molecule has 3 aromatic rings. The molecule has 1 aromatic heterocycles. The normalized spacial score (nSPS) is 10.7. The molecular weight excluding hydrogens is 250 g/mol. The van der Waals surface area contributed by atoms with E-state index in [4.69, 9.17) is 4.74 Å². The average molecular weight is 265 g/mol. The molecule has 100 valence electrons. The van der Waals surface area contributed by atoms with E-state index in [9.17, 15) is 4.79 Å². The summed E-state index contributed by atoms with van der Waals surface area (Å²) in [7, 11) is 1.62. The first-order valence-electron chi connectivity index (χ1n) is 6.47. The molecule has 0 atom stereocenters. The van der Waals surface area contributed by atoms with E-state index in [1.165, 1.54) is 0 Å². The van der Waals surface area contributed by atoms with E-state index in [-0.39, 0.29) is 5.78 Å². The van der Waals surface area contributed by atoms with Crippen LogP contribution in [0.5, 0.6) is 5.75 Å². The molecule has 0 aliphatic heterocycles. The summed E-state index contributed by atoms with van der Waals surface area (Å²) in [5.41, 5.74) is 3.52. The van der Waals surface area contributed by atoms with Crippen molar-refractivity contribution < 1.29 is 9.53 Å². The van der Waals surface area contributed by atoms with Gasteiger partial charge in [-0.2, -0.15) is 0 Å². The Hall–Kier alpha value is -2.55. The van der Waals surface area contributed by atoms with Crippen LogP contribution in [0.1, 0.15) is 17.3 Å². The van der Waals surface area contributed by atoms with E-state index < -0.39 is 0 Å². The van der Waals surface area contributed by atoms with Crippen LogP contribution in [0, 0.1) is 0 Å². The number of methoxy groups -OCH3 is 1. The number of carbonyl (C=O) groups excluding carboxylic acids is 1. The van der Waals surface area contributed by atoms with E-state index in [0.29, 0.717) is 5.56 Å². The zero-order valence-electron chi connectivity index (χ0n) is 11.4. The predicted octanol–water partition coefficient (Wildman–Crippen LogP) is 4.05. The Morgan fingerprint density at radius 3 is 2.50 bits per heavy atom. The molecule has 0 amide bonds. The summed E-state index contributed by atoms with van der Waals surface area (Å²) >= 11 is 0. The van der Waals surface area contributed by atoms with Gasteiger partial charge < -0.3 is 9.72 Å². The quantitative estimate of drug-likeness (QED) is 0.726. The number of carbonyl (C=O) groups is 1.